The van der Waals surface area contributed by atoms with Crippen LogP contribution in [0.3, 0.4) is 0 Å². The highest BCUT2D eigenvalue weighted by Gasteiger charge is 2.13. The van der Waals surface area contributed by atoms with Gasteiger partial charge >= 0.3 is 0 Å². The van der Waals surface area contributed by atoms with Gasteiger partial charge in [-0.1, -0.05) is 33.2 Å². The van der Waals surface area contributed by atoms with Crippen molar-refractivity contribution in [2.45, 2.75) is 13.8 Å². The zero-order valence-electron chi connectivity index (χ0n) is 11.6. The first-order chi connectivity index (χ1) is 10.0. The van der Waals surface area contributed by atoms with Crippen LogP contribution < -0.4 is 0 Å². The highest BCUT2D eigenvalue weighted by atomic mass is 79.9. The summed E-state index contributed by atoms with van der Waals surface area (Å²) in [5, 5.41) is 13.8. The second-order valence-corrected chi connectivity index (χ2v) is 5.76. The molecule has 0 saturated heterocycles. The summed E-state index contributed by atoms with van der Waals surface area (Å²) >= 11 is 3.51. The number of benzene rings is 2. The molecule has 0 atom stereocenters. The van der Waals surface area contributed by atoms with Crippen LogP contribution in [-0.2, 0) is 0 Å². The number of aromatic nitrogens is 2. The maximum absolute atomic E-state index is 9.76. The Labute approximate surface area is 130 Å². The van der Waals surface area contributed by atoms with Gasteiger partial charge in [0.05, 0.1) is 0 Å². The van der Waals surface area contributed by atoms with Crippen LogP contribution in [0.2, 0.25) is 0 Å². The lowest BCUT2D eigenvalue weighted by molar-refractivity contribution is 0.431. The molecule has 4 nitrogen and oxygen atoms in total. The van der Waals surface area contributed by atoms with E-state index in [0.29, 0.717) is 17.3 Å². The molecule has 2 aromatic carbocycles. The number of rotatable bonds is 2. The van der Waals surface area contributed by atoms with Crippen molar-refractivity contribution in [3.63, 3.8) is 0 Å². The van der Waals surface area contributed by atoms with Crippen molar-refractivity contribution < 1.29 is 9.63 Å². The van der Waals surface area contributed by atoms with Gasteiger partial charge in [0.1, 0.15) is 5.75 Å². The molecule has 1 heterocycles. The van der Waals surface area contributed by atoms with Gasteiger partial charge in [0, 0.05) is 15.6 Å². The number of hydrogen-bond donors (Lipinski definition) is 1. The third-order valence-electron chi connectivity index (χ3n) is 3.25. The highest BCUT2D eigenvalue weighted by Crippen LogP contribution is 2.30. The van der Waals surface area contributed by atoms with Crippen molar-refractivity contribution in [2.75, 3.05) is 0 Å². The third-order valence-corrected chi connectivity index (χ3v) is 3.90. The Morgan fingerprint density at radius 3 is 2.62 bits per heavy atom. The molecule has 0 aliphatic carbocycles. The number of aryl methyl sites for hydroxylation is 2. The lowest BCUT2D eigenvalue weighted by atomic mass is 10.1. The Kier molecular flexibility index (Phi) is 3.51. The molecule has 0 radical (unpaired) electrons. The number of nitrogens with zero attached hydrogens (tertiary/aromatic N) is 2. The SMILES string of the molecule is Cc1ccc(-c2noc(-c3ccc(C)c(O)c3)n2)c(Br)c1. The Hall–Kier alpha value is -2.14. The minimum atomic E-state index is 0.212. The predicted molar refractivity (Wildman–Crippen MR) is 84.0 cm³/mol. The molecule has 3 aromatic rings. The van der Waals surface area contributed by atoms with E-state index in [0.717, 1.165) is 21.2 Å². The molecule has 5 heteroatoms. The normalized spacial score (nSPS) is 10.8. The van der Waals surface area contributed by atoms with Gasteiger partial charge < -0.3 is 9.63 Å². The van der Waals surface area contributed by atoms with Gasteiger partial charge in [-0.25, -0.2) is 0 Å². The molecule has 1 N–H and O–H groups in total. The van der Waals surface area contributed by atoms with E-state index in [2.05, 4.69) is 26.1 Å². The van der Waals surface area contributed by atoms with Gasteiger partial charge in [-0.05, 0) is 49.2 Å². The molecule has 0 aliphatic rings. The van der Waals surface area contributed by atoms with Gasteiger partial charge in [0.15, 0.2) is 0 Å². The molecule has 0 aliphatic heterocycles. The smallest absolute Gasteiger partial charge is 0.258 e. The molecule has 0 unspecified atom stereocenters. The molecule has 0 saturated carbocycles. The summed E-state index contributed by atoms with van der Waals surface area (Å²) in [5.41, 5.74) is 3.52. The number of phenolic OH excluding ortho intramolecular Hbond substituents is 1. The predicted octanol–water partition coefficient (Wildman–Crippen LogP) is 4.49. The largest absolute Gasteiger partial charge is 0.508 e. The molecule has 0 amide bonds. The summed E-state index contributed by atoms with van der Waals surface area (Å²) in [6, 6.07) is 11.2. The van der Waals surface area contributed by atoms with Crippen LogP contribution in [0.15, 0.2) is 45.4 Å². The molecule has 3 rings (SSSR count). The van der Waals surface area contributed by atoms with Crippen LogP contribution in [0, 0.1) is 13.8 Å². The van der Waals surface area contributed by atoms with E-state index in [1.807, 2.05) is 44.2 Å². The van der Waals surface area contributed by atoms with Crippen LogP contribution in [0.4, 0.5) is 0 Å². The second-order valence-electron chi connectivity index (χ2n) is 4.91. The Morgan fingerprint density at radius 1 is 1.10 bits per heavy atom. The molecule has 0 fully saturated rings. The molecule has 21 heavy (non-hydrogen) atoms. The average Bonchev–Trinajstić information content (AvgIpc) is 2.91. The zero-order valence-corrected chi connectivity index (χ0v) is 13.2. The highest BCUT2D eigenvalue weighted by molar-refractivity contribution is 9.10. The number of phenols is 1. The fourth-order valence-electron chi connectivity index (χ4n) is 1.99. The first-order valence-electron chi connectivity index (χ1n) is 6.45. The van der Waals surface area contributed by atoms with E-state index in [-0.39, 0.29) is 5.75 Å². The van der Waals surface area contributed by atoms with Gasteiger partial charge in [0.25, 0.3) is 5.89 Å². The van der Waals surface area contributed by atoms with Crippen LogP contribution in [0.1, 0.15) is 11.1 Å². The summed E-state index contributed by atoms with van der Waals surface area (Å²) in [5.74, 6) is 1.11. The van der Waals surface area contributed by atoms with Crippen molar-refractivity contribution >= 4 is 15.9 Å². The summed E-state index contributed by atoms with van der Waals surface area (Å²) in [6.07, 6.45) is 0. The first-order valence-corrected chi connectivity index (χ1v) is 7.24. The maximum Gasteiger partial charge on any atom is 0.258 e. The monoisotopic (exact) mass is 344 g/mol. The quantitative estimate of drug-likeness (QED) is 0.744. The fourth-order valence-corrected chi connectivity index (χ4v) is 2.66. The minimum Gasteiger partial charge on any atom is -0.508 e. The molecule has 1 aromatic heterocycles. The third kappa shape index (κ3) is 2.69. The lowest BCUT2D eigenvalue weighted by Crippen LogP contribution is -1.84. The summed E-state index contributed by atoms with van der Waals surface area (Å²) < 4.78 is 6.21. The molecule has 0 bridgehead atoms. The molecule has 0 spiro atoms. The first kappa shape index (κ1) is 13.8. The van der Waals surface area contributed by atoms with Gasteiger partial charge in [-0.2, -0.15) is 4.98 Å². The Bertz CT molecular complexity index is 812. The number of aromatic hydroxyl groups is 1. The lowest BCUT2D eigenvalue weighted by Gasteiger charge is -2.00. The molecule has 106 valence electrons. The fraction of sp³-hybridized carbons (Fsp3) is 0.125. The number of halogens is 1. The van der Waals surface area contributed by atoms with Crippen molar-refractivity contribution in [3.05, 3.63) is 52.0 Å². The van der Waals surface area contributed by atoms with E-state index in [4.69, 9.17) is 4.52 Å². The van der Waals surface area contributed by atoms with E-state index in [9.17, 15) is 5.11 Å². The summed E-state index contributed by atoms with van der Waals surface area (Å²) in [4.78, 5) is 4.39. The van der Waals surface area contributed by atoms with Crippen molar-refractivity contribution in [2.24, 2.45) is 0 Å². The van der Waals surface area contributed by atoms with Crippen molar-refractivity contribution in [1.82, 2.24) is 10.1 Å². The maximum atomic E-state index is 9.76. The van der Waals surface area contributed by atoms with Crippen LogP contribution in [-0.4, -0.2) is 15.2 Å². The van der Waals surface area contributed by atoms with Gasteiger partial charge in [-0.3, -0.25) is 0 Å². The van der Waals surface area contributed by atoms with Crippen molar-refractivity contribution in [3.8, 4) is 28.6 Å². The zero-order chi connectivity index (χ0) is 15.0. The van der Waals surface area contributed by atoms with E-state index in [1.54, 1.807) is 6.07 Å². The molecular formula is C16H13BrN2O2. The van der Waals surface area contributed by atoms with Crippen molar-refractivity contribution in [1.29, 1.82) is 0 Å². The standard InChI is InChI=1S/C16H13BrN2O2/c1-9-3-6-12(13(17)7-9)15-18-16(21-19-15)11-5-4-10(2)14(20)8-11/h3-8,20H,1-2H3. The second kappa shape index (κ2) is 5.33. The summed E-state index contributed by atoms with van der Waals surface area (Å²) in [7, 11) is 0. The Morgan fingerprint density at radius 2 is 1.90 bits per heavy atom. The van der Waals surface area contributed by atoms with E-state index in [1.165, 1.54) is 0 Å². The number of hydrogen-bond acceptors (Lipinski definition) is 4. The minimum absolute atomic E-state index is 0.212. The van der Waals surface area contributed by atoms with E-state index < -0.39 is 0 Å². The Balaban J connectivity index is 2.01. The van der Waals surface area contributed by atoms with Gasteiger partial charge in [0.2, 0.25) is 5.82 Å². The average molecular weight is 345 g/mol. The van der Waals surface area contributed by atoms with Crippen LogP contribution in [0.25, 0.3) is 22.8 Å². The van der Waals surface area contributed by atoms with Crippen LogP contribution in [0.5, 0.6) is 5.75 Å². The van der Waals surface area contributed by atoms with Crippen LogP contribution >= 0.6 is 15.9 Å². The van der Waals surface area contributed by atoms with Gasteiger partial charge in [-0.15, -0.1) is 0 Å². The van der Waals surface area contributed by atoms with E-state index >= 15 is 0 Å². The molecular weight excluding hydrogens is 332 g/mol. The topological polar surface area (TPSA) is 59.2 Å². The summed E-state index contributed by atoms with van der Waals surface area (Å²) in [6.45, 7) is 3.85.